The quantitative estimate of drug-likeness (QED) is 0.365. The SMILES string of the molecule is CN=C(NCCNC(C)=O)N1CCCC2(CNC(=O)C2)C1. The van der Waals surface area contributed by atoms with Gasteiger partial charge >= 0.3 is 0 Å². The molecule has 0 radical (unpaired) electrons. The molecule has 1 unspecified atom stereocenters. The Labute approximate surface area is 125 Å². The van der Waals surface area contributed by atoms with Gasteiger partial charge in [0, 0.05) is 58.5 Å². The molecule has 7 heteroatoms. The van der Waals surface area contributed by atoms with Gasteiger partial charge in [-0.25, -0.2) is 0 Å². The van der Waals surface area contributed by atoms with E-state index in [0.29, 0.717) is 19.5 Å². The highest BCUT2D eigenvalue weighted by atomic mass is 16.2. The summed E-state index contributed by atoms with van der Waals surface area (Å²) < 4.78 is 0. The monoisotopic (exact) mass is 295 g/mol. The van der Waals surface area contributed by atoms with Crippen molar-refractivity contribution in [1.29, 1.82) is 0 Å². The third-order valence-corrected chi connectivity index (χ3v) is 4.15. The molecule has 7 nitrogen and oxygen atoms in total. The predicted molar refractivity (Wildman–Crippen MR) is 80.9 cm³/mol. The number of hydrogen-bond acceptors (Lipinski definition) is 3. The van der Waals surface area contributed by atoms with E-state index in [0.717, 1.165) is 38.4 Å². The van der Waals surface area contributed by atoms with Gasteiger partial charge in [0.2, 0.25) is 11.8 Å². The number of nitrogens with zero attached hydrogens (tertiary/aromatic N) is 2. The Morgan fingerprint density at radius 3 is 2.81 bits per heavy atom. The first-order chi connectivity index (χ1) is 10.0. The molecule has 0 aromatic carbocycles. The Morgan fingerprint density at radius 1 is 1.43 bits per heavy atom. The summed E-state index contributed by atoms with van der Waals surface area (Å²) in [7, 11) is 1.76. The lowest BCUT2D eigenvalue weighted by Gasteiger charge is -2.40. The molecule has 21 heavy (non-hydrogen) atoms. The van der Waals surface area contributed by atoms with E-state index in [9.17, 15) is 9.59 Å². The lowest BCUT2D eigenvalue weighted by Crippen LogP contribution is -2.52. The Kier molecular flexibility index (Phi) is 5.03. The van der Waals surface area contributed by atoms with Crippen molar-refractivity contribution in [3.8, 4) is 0 Å². The molecule has 0 aliphatic carbocycles. The zero-order valence-electron chi connectivity index (χ0n) is 12.9. The van der Waals surface area contributed by atoms with Gasteiger partial charge in [0.15, 0.2) is 5.96 Å². The molecule has 2 saturated heterocycles. The molecule has 2 rings (SSSR count). The highest BCUT2D eigenvalue weighted by molar-refractivity contribution is 5.81. The maximum atomic E-state index is 11.5. The Bertz CT molecular complexity index is 437. The first-order valence-corrected chi connectivity index (χ1v) is 7.51. The van der Waals surface area contributed by atoms with Crippen LogP contribution in [0.1, 0.15) is 26.2 Å². The largest absolute Gasteiger partial charge is 0.355 e. The van der Waals surface area contributed by atoms with Crippen LogP contribution in [0.25, 0.3) is 0 Å². The minimum Gasteiger partial charge on any atom is -0.355 e. The molecule has 118 valence electrons. The number of hydrogen-bond donors (Lipinski definition) is 3. The number of nitrogens with one attached hydrogen (secondary N) is 3. The fourth-order valence-corrected chi connectivity index (χ4v) is 3.17. The van der Waals surface area contributed by atoms with Crippen LogP contribution in [0.15, 0.2) is 4.99 Å². The summed E-state index contributed by atoms with van der Waals surface area (Å²) in [5.41, 5.74) is 0.0601. The second-order valence-corrected chi connectivity index (χ2v) is 5.94. The molecule has 2 amide bonds. The van der Waals surface area contributed by atoms with Crippen molar-refractivity contribution >= 4 is 17.8 Å². The molecular formula is C14H25N5O2. The van der Waals surface area contributed by atoms with Gasteiger partial charge in [0.05, 0.1) is 0 Å². The van der Waals surface area contributed by atoms with Crippen molar-refractivity contribution in [1.82, 2.24) is 20.9 Å². The molecule has 2 fully saturated rings. The van der Waals surface area contributed by atoms with Crippen molar-refractivity contribution in [2.24, 2.45) is 10.4 Å². The number of carbonyl (C=O) groups is 2. The minimum atomic E-state index is -0.0285. The standard InChI is InChI=1S/C14H25N5O2/c1-11(20)16-5-6-17-13(15-2)19-7-3-4-14(10-19)8-12(21)18-9-14/h3-10H2,1-2H3,(H,15,17)(H,16,20)(H,18,21). The van der Waals surface area contributed by atoms with Crippen molar-refractivity contribution in [3.63, 3.8) is 0 Å². The fraction of sp³-hybridized carbons (Fsp3) is 0.786. The number of amides is 2. The zero-order chi connectivity index (χ0) is 15.3. The molecule has 1 spiro atoms. The van der Waals surface area contributed by atoms with Crippen molar-refractivity contribution in [2.45, 2.75) is 26.2 Å². The second-order valence-electron chi connectivity index (χ2n) is 5.94. The van der Waals surface area contributed by atoms with Crippen LogP contribution in [0, 0.1) is 5.41 Å². The van der Waals surface area contributed by atoms with E-state index in [4.69, 9.17) is 0 Å². The van der Waals surface area contributed by atoms with Crippen LogP contribution >= 0.6 is 0 Å². The summed E-state index contributed by atoms with van der Waals surface area (Å²) in [6.07, 6.45) is 2.78. The predicted octanol–water partition coefficient (Wildman–Crippen LogP) is -0.700. The Hall–Kier alpha value is -1.79. The van der Waals surface area contributed by atoms with Crippen molar-refractivity contribution in [3.05, 3.63) is 0 Å². The van der Waals surface area contributed by atoms with E-state index in [1.165, 1.54) is 6.92 Å². The van der Waals surface area contributed by atoms with Crippen LogP contribution in [0.5, 0.6) is 0 Å². The summed E-state index contributed by atoms with van der Waals surface area (Å²) in [6.45, 7) is 5.31. The molecule has 2 aliphatic rings. The maximum absolute atomic E-state index is 11.5. The normalized spacial score (nSPS) is 25.9. The molecular weight excluding hydrogens is 270 g/mol. The van der Waals surface area contributed by atoms with E-state index < -0.39 is 0 Å². The highest BCUT2D eigenvalue weighted by Gasteiger charge is 2.42. The maximum Gasteiger partial charge on any atom is 0.220 e. The van der Waals surface area contributed by atoms with Gasteiger partial charge in [0.25, 0.3) is 0 Å². The fourth-order valence-electron chi connectivity index (χ4n) is 3.17. The van der Waals surface area contributed by atoms with Crippen LogP contribution in [0.2, 0.25) is 0 Å². The van der Waals surface area contributed by atoms with E-state index in [-0.39, 0.29) is 17.2 Å². The summed E-state index contributed by atoms with van der Waals surface area (Å²) in [6, 6.07) is 0. The minimum absolute atomic E-state index is 0.0285. The first kappa shape index (κ1) is 15.6. The van der Waals surface area contributed by atoms with Crippen LogP contribution in [-0.4, -0.2) is 62.4 Å². The summed E-state index contributed by atoms with van der Waals surface area (Å²) in [5, 5.41) is 8.97. The van der Waals surface area contributed by atoms with Crippen molar-refractivity contribution < 1.29 is 9.59 Å². The van der Waals surface area contributed by atoms with E-state index in [1.807, 2.05) is 0 Å². The molecule has 0 saturated carbocycles. The Morgan fingerprint density at radius 2 is 2.19 bits per heavy atom. The summed E-state index contributed by atoms with van der Waals surface area (Å²) in [5.74, 6) is 0.975. The number of piperidine rings is 1. The van der Waals surface area contributed by atoms with Gasteiger partial charge in [-0.2, -0.15) is 0 Å². The second kappa shape index (κ2) is 6.78. The van der Waals surface area contributed by atoms with Gasteiger partial charge in [-0.15, -0.1) is 0 Å². The molecule has 3 N–H and O–H groups in total. The number of rotatable bonds is 3. The Balaban J connectivity index is 1.86. The van der Waals surface area contributed by atoms with Crippen LogP contribution < -0.4 is 16.0 Å². The van der Waals surface area contributed by atoms with E-state index in [2.05, 4.69) is 25.8 Å². The number of guanidine groups is 1. The van der Waals surface area contributed by atoms with Crippen LogP contribution in [-0.2, 0) is 9.59 Å². The van der Waals surface area contributed by atoms with Gasteiger partial charge in [-0.3, -0.25) is 14.6 Å². The summed E-state index contributed by atoms with van der Waals surface area (Å²) >= 11 is 0. The average molecular weight is 295 g/mol. The average Bonchev–Trinajstić information content (AvgIpc) is 2.79. The number of likely N-dealkylation sites (tertiary alicyclic amines) is 1. The van der Waals surface area contributed by atoms with Gasteiger partial charge < -0.3 is 20.9 Å². The smallest absolute Gasteiger partial charge is 0.220 e. The van der Waals surface area contributed by atoms with Crippen LogP contribution in [0.3, 0.4) is 0 Å². The van der Waals surface area contributed by atoms with E-state index >= 15 is 0 Å². The third kappa shape index (κ3) is 4.09. The lowest BCUT2D eigenvalue weighted by atomic mass is 9.79. The molecule has 2 aliphatic heterocycles. The zero-order valence-corrected chi connectivity index (χ0v) is 12.9. The van der Waals surface area contributed by atoms with Gasteiger partial charge in [-0.1, -0.05) is 0 Å². The first-order valence-electron chi connectivity index (χ1n) is 7.51. The topological polar surface area (TPSA) is 85.8 Å². The number of aliphatic imine (C=N–C) groups is 1. The van der Waals surface area contributed by atoms with Gasteiger partial charge in [0.1, 0.15) is 0 Å². The lowest BCUT2D eigenvalue weighted by molar-refractivity contribution is -0.120. The highest BCUT2D eigenvalue weighted by Crippen LogP contribution is 2.35. The van der Waals surface area contributed by atoms with Crippen LogP contribution in [0.4, 0.5) is 0 Å². The van der Waals surface area contributed by atoms with Gasteiger partial charge in [-0.05, 0) is 12.8 Å². The molecule has 0 bridgehead atoms. The third-order valence-electron chi connectivity index (χ3n) is 4.15. The molecule has 1 atom stereocenters. The molecule has 2 heterocycles. The molecule has 0 aromatic rings. The summed E-state index contributed by atoms with van der Waals surface area (Å²) in [4.78, 5) is 28.9. The van der Waals surface area contributed by atoms with E-state index in [1.54, 1.807) is 7.05 Å². The van der Waals surface area contributed by atoms with Crippen molar-refractivity contribution in [2.75, 3.05) is 39.8 Å². The molecule has 0 aromatic heterocycles. The number of carbonyl (C=O) groups excluding carboxylic acids is 2.